The molecule has 0 radical (unpaired) electrons. The van der Waals surface area contributed by atoms with Crippen molar-refractivity contribution in [2.45, 2.75) is 50.8 Å². The lowest BCUT2D eigenvalue weighted by atomic mass is 10.1. The molecular formula is C21H30N4O3. The molecule has 1 saturated heterocycles. The molecule has 7 nitrogen and oxygen atoms in total. The van der Waals surface area contributed by atoms with Crippen LogP contribution in [0.5, 0.6) is 0 Å². The highest BCUT2D eigenvalue weighted by atomic mass is 16.5. The summed E-state index contributed by atoms with van der Waals surface area (Å²) in [5.41, 5.74) is 3.08. The topological polar surface area (TPSA) is 81.7 Å². The van der Waals surface area contributed by atoms with Crippen LogP contribution in [0.15, 0.2) is 18.2 Å². The molecule has 1 aliphatic heterocycles. The van der Waals surface area contributed by atoms with E-state index in [-0.39, 0.29) is 18.0 Å². The van der Waals surface area contributed by atoms with E-state index < -0.39 is 6.10 Å². The number of aliphatic hydroxyl groups excluding tert-OH is 1. The third kappa shape index (κ3) is 3.92. The second-order valence-electron chi connectivity index (χ2n) is 8.03. The first-order valence-corrected chi connectivity index (χ1v) is 10.2. The molecule has 2 N–H and O–H groups in total. The number of hydrogen-bond donors (Lipinski definition) is 2. The summed E-state index contributed by atoms with van der Waals surface area (Å²) < 4.78 is 5.42. The summed E-state index contributed by atoms with van der Waals surface area (Å²) in [6, 6.07) is 6.14. The first-order valence-electron chi connectivity index (χ1n) is 10.2. The van der Waals surface area contributed by atoms with Crippen molar-refractivity contribution in [3.8, 4) is 0 Å². The second kappa shape index (κ2) is 8.19. The van der Waals surface area contributed by atoms with Gasteiger partial charge >= 0.3 is 0 Å². The van der Waals surface area contributed by atoms with Crippen molar-refractivity contribution < 1.29 is 14.6 Å². The molecular weight excluding hydrogens is 356 g/mol. The van der Waals surface area contributed by atoms with Crippen LogP contribution in [0.3, 0.4) is 0 Å². The number of aryl methyl sites for hydroxylation is 2. The van der Waals surface area contributed by atoms with Crippen molar-refractivity contribution in [1.29, 1.82) is 0 Å². The van der Waals surface area contributed by atoms with E-state index in [1.807, 2.05) is 26.1 Å². The fourth-order valence-electron chi connectivity index (χ4n) is 4.62. The predicted octanol–water partition coefficient (Wildman–Crippen LogP) is 1.49. The highest BCUT2D eigenvalue weighted by Gasteiger charge is 2.41. The Morgan fingerprint density at radius 2 is 2.14 bits per heavy atom. The third-order valence-corrected chi connectivity index (χ3v) is 6.24. The molecule has 0 bridgehead atoms. The van der Waals surface area contributed by atoms with Gasteiger partial charge in [0.2, 0.25) is 5.91 Å². The van der Waals surface area contributed by atoms with Crippen LogP contribution in [0, 0.1) is 6.92 Å². The number of hydrogen-bond acceptors (Lipinski definition) is 5. The number of morpholine rings is 1. The van der Waals surface area contributed by atoms with Gasteiger partial charge in [-0.2, -0.15) is 0 Å². The van der Waals surface area contributed by atoms with Crippen molar-refractivity contribution in [3.05, 3.63) is 29.6 Å². The van der Waals surface area contributed by atoms with E-state index in [1.165, 1.54) is 0 Å². The molecule has 2 aliphatic rings. The predicted molar refractivity (Wildman–Crippen MR) is 107 cm³/mol. The number of nitrogens with one attached hydrogen (secondary N) is 1. The van der Waals surface area contributed by atoms with E-state index in [2.05, 4.69) is 20.9 Å². The van der Waals surface area contributed by atoms with E-state index in [4.69, 9.17) is 4.74 Å². The van der Waals surface area contributed by atoms with Crippen LogP contribution in [0.2, 0.25) is 0 Å². The number of rotatable bonds is 5. The van der Waals surface area contributed by atoms with Crippen molar-refractivity contribution in [1.82, 2.24) is 19.8 Å². The Labute approximate surface area is 165 Å². The Hall–Kier alpha value is -1.96. The van der Waals surface area contributed by atoms with Crippen LogP contribution in [-0.2, 0) is 16.0 Å². The maximum absolute atomic E-state index is 12.8. The molecule has 4 rings (SSSR count). The zero-order valence-electron chi connectivity index (χ0n) is 16.7. The number of amides is 1. The molecule has 1 saturated carbocycles. The highest BCUT2D eigenvalue weighted by Crippen LogP contribution is 2.29. The number of imidazole rings is 1. The Kier molecular flexibility index (Phi) is 5.66. The van der Waals surface area contributed by atoms with E-state index in [1.54, 1.807) is 4.90 Å². The van der Waals surface area contributed by atoms with Gasteiger partial charge in [-0.3, -0.25) is 9.69 Å². The summed E-state index contributed by atoms with van der Waals surface area (Å²) in [4.78, 5) is 24.5. The van der Waals surface area contributed by atoms with Crippen molar-refractivity contribution >= 4 is 16.9 Å². The number of ether oxygens (including phenoxy) is 1. The first kappa shape index (κ1) is 19.4. The van der Waals surface area contributed by atoms with Gasteiger partial charge in [-0.05, 0) is 43.9 Å². The number of carbonyl (C=O) groups is 1. The smallest absolute Gasteiger partial charge is 0.222 e. The van der Waals surface area contributed by atoms with Crippen LogP contribution in [-0.4, -0.2) is 82.3 Å². The van der Waals surface area contributed by atoms with Crippen LogP contribution in [0.4, 0.5) is 0 Å². The number of benzene rings is 1. The van der Waals surface area contributed by atoms with Gasteiger partial charge in [0.15, 0.2) is 0 Å². The second-order valence-corrected chi connectivity index (χ2v) is 8.03. The summed E-state index contributed by atoms with van der Waals surface area (Å²) in [6.07, 6.45) is 2.42. The lowest BCUT2D eigenvalue weighted by molar-refractivity contribution is -0.134. The minimum absolute atomic E-state index is 0.0903. The van der Waals surface area contributed by atoms with Crippen LogP contribution >= 0.6 is 0 Å². The quantitative estimate of drug-likeness (QED) is 0.814. The van der Waals surface area contributed by atoms with Crippen molar-refractivity contribution in [2.24, 2.45) is 0 Å². The summed E-state index contributed by atoms with van der Waals surface area (Å²) in [7, 11) is 1.83. The number of aliphatic hydroxyl groups is 1. The van der Waals surface area contributed by atoms with Gasteiger partial charge in [-0.1, -0.05) is 6.07 Å². The summed E-state index contributed by atoms with van der Waals surface area (Å²) in [5, 5.41) is 10.8. The molecule has 1 aliphatic carbocycles. The highest BCUT2D eigenvalue weighted by molar-refractivity contribution is 5.78. The van der Waals surface area contributed by atoms with Gasteiger partial charge < -0.3 is 19.7 Å². The molecule has 1 aromatic heterocycles. The Morgan fingerprint density at radius 3 is 2.93 bits per heavy atom. The van der Waals surface area contributed by atoms with Crippen LogP contribution in [0.1, 0.15) is 30.7 Å². The Bertz CT molecular complexity index is 830. The molecule has 28 heavy (non-hydrogen) atoms. The first-order chi connectivity index (χ1) is 13.5. The minimum atomic E-state index is -0.489. The summed E-state index contributed by atoms with van der Waals surface area (Å²) in [5.74, 6) is 0.987. The molecule has 1 amide bonds. The van der Waals surface area contributed by atoms with Gasteiger partial charge in [-0.25, -0.2) is 4.98 Å². The molecule has 152 valence electrons. The number of fused-ring (bicyclic) bond motifs is 1. The average molecular weight is 386 g/mol. The third-order valence-electron chi connectivity index (χ3n) is 6.24. The number of aromatic amines is 1. The lowest BCUT2D eigenvalue weighted by Gasteiger charge is -2.36. The molecule has 2 heterocycles. The maximum Gasteiger partial charge on any atom is 0.222 e. The number of likely N-dealkylation sites (N-methyl/N-ethyl adjacent to an activating group) is 1. The maximum atomic E-state index is 12.8. The average Bonchev–Trinajstić information content (AvgIpc) is 3.27. The van der Waals surface area contributed by atoms with Gasteiger partial charge in [-0.15, -0.1) is 0 Å². The Morgan fingerprint density at radius 1 is 1.36 bits per heavy atom. The van der Waals surface area contributed by atoms with Crippen molar-refractivity contribution in [3.63, 3.8) is 0 Å². The SMILES string of the molecule is Cc1nc2ccc(CCC(=O)N(C)[C@@H]3CC[C@@H](N4CCOCC4)[C@@H]3O)cc2[nH]1. The van der Waals surface area contributed by atoms with E-state index >= 15 is 0 Å². The number of nitrogens with zero attached hydrogens (tertiary/aromatic N) is 3. The largest absolute Gasteiger partial charge is 0.389 e. The zero-order chi connectivity index (χ0) is 19.7. The normalized spacial score (nSPS) is 26.0. The van der Waals surface area contributed by atoms with E-state index in [9.17, 15) is 9.90 Å². The number of carbonyl (C=O) groups excluding carboxylic acids is 1. The van der Waals surface area contributed by atoms with Crippen LogP contribution < -0.4 is 0 Å². The molecule has 0 unspecified atom stereocenters. The van der Waals surface area contributed by atoms with E-state index in [0.29, 0.717) is 12.8 Å². The van der Waals surface area contributed by atoms with Gasteiger partial charge in [0.1, 0.15) is 5.82 Å². The lowest BCUT2D eigenvalue weighted by Crippen LogP contribution is -2.51. The molecule has 7 heteroatoms. The zero-order valence-corrected chi connectivity index (χ0v) is 16.7. The molecule has 3 atom stereocenters. The van der Waals surface area contributed by atoms with E-state index in [0.717, 1.165) is 61.6 Å². The number of H-pyrrole nitrogens is 1. The summed E-state index contributed by atoms with van der Waals surface area (Å²) >= 11 is 0. The molecule has 0 spiro atoms. The van der Waals surface area contributed by atoms with Gasteiger partial charge in [0, 0.05) is 32.6 Å². The fraction of sp³-hybridized carbons (Fsp3) is 0.619. The standard InChI is InChI=1S/C21H30N4O3/c1-14-22-16-5-3-15(13-17(16)23-14)4-8-20(26)24(2)18-6-7-19(21(18)27)25-9-11-28-12-10-25/h3,5,13,18-19,21,27H,4,6-12H2,1-2H3,(H,22,23)/t18-,19-,21-/m1/s1. The van der Waals surface area contributed by atoms with Crippen LogP contribution in [0.25, 0.3) is 11.0 Å². The summed E-state index contributed by atoms with van der Waals surface area (Å²) in [6.45, 7) is 5.12. The van der Waals surface area contributed by atoms with Crippen molar-refractivity contribution in [2.75, 3.05) is 33.4 Å². The van der Waals surface area contributed by atoms with Gasteiger partial charge in [0.05, 0.1) is 36.4 Å². The molecule has 2 aromatic rings. The van der Waals surface area contributed by atoms with Gasteiger partial charge in [0.25, 0.3) is 0 Å². The number of aromatic nitrogens is 2. The molecule has 1 aromatic carbocycles. The fourth-order valence-corrected chi connectivity index (χ4v) is 4.62. The minimum Gasteiger partial charge on any atom is -0.389 e. The Balaban J connectivity index is 1.33. The monoisotopic (exact) mass is 386 g/mol. The molecule has 2 fully saturated rings.